The number of rotatable bonds is 4. The van der Waals surface area contributed by atoms with Crippen LogP contribution >= 0.6 is 15.9 Å². The number of ether oxygens (including phenoxy) is 1. The lowest BCUT2D eigenvalue weighted by atomic mass is 10.1. The van der Waals surface area contributed by atoms with Crippen molar-refractivity contribution in [2.24, 2.45) is 0 Å². The van der Waals surface area contributed by atoms with Gasteiger partial charge in [0.2, 0.25) is 0 Å². The minimum atomic E-state index is 0.799. The number of hydrogen-bond acceptors (Lipinski definition) is 2. The average molecular weight is 356 g/mol. The van der Waals surface area contributed by atoms with Gasteiger partial charge < -0.3 is 4.74 Å². The first-order valence-electron chi connectivity index (χ1n) is 7.50. The zero-order valence-corrected chi connectivity index (χ0v) is 14.4. The van der Waals surface area contributed by atoms with E-state index in [0.29, 0.717) is 0 Å². The molecule has 0 N–H and O–H groups in total. The second-order valence-electron chi connectivity index (χ2n) is 5.35. The molecule has 0 bridgehead atoms. The Bertz CT molecular complexity index is 814. The van der Waals surface area contributed by atoms with Crippen LogP contribution in [0.5, 0.6) is 11.5 Å². The van der Waals surface area contributed by atoms with E-state index in [2.05, 4.69) is 46.0 Å². The number of aromatic nitrogens is 1. The van der Waals surface area contributed by atoms with Gasteiger partial charge in [0.25, 0.3) is 0 Å². The summed E-state index contributed by atoms with van der Waals surface area (Å²) in [4.78, 5) is 4.62. The number of benzene rings is 2. The fraction of sp³-hybridized carbons (Fsp3) is 0.211. The Hall–Kier alpha value is -1.87. The van der Waals surface area contributed by atoms with Crippen LogP contribution in [0.1, 0.15) is 24.6 Å². The van der Waals surface area contributed by atoms with E-state index >= 15 is 0 Å². The third-order valence-electron chi connectivity index (χ3n) is 3.65. The van der Waals surface area contributed by atoms with E-state index in [9.17, 15) is 0 Å². The Morgan fingerprint density at radius 2 is 1.86 bits per heavy atom. The molecule has 1 heterocycles. The fourth-order valence-corrected chi connectivity index (χ4v) is 3.06. The van der Waals surface area contributed by atoms with Gasteiger partial charge in [-0.25, -0.2) is 4.98 Å². The molecule has 0 spiro atoms. The Balaban J connectivity index is 1.99. The lowest BCUT2D eigenvalue weighted by Gasteiger charge is -2.13. The van der Waals surface area contributed by atoms with Crippen molar-refractivity contribution in [1.29, 1.82) is 0 Å². The van der Waals surface area contributed by atoms with Gasteiger partial charge in [-0.05, 0) is 53.0 Å². The Labute approximate surface area is 139 Å². The van der Waals surface area contributed by atoms with Crippen molar-refractivity contribution in [3.05, 3.63) is 64.3 Å². The van der Waals surface area contributed by atoms with Gasteiger partial charge >= 0.3 is 0 Å². The van der Waals surface area contributed by atoms with Crippen molar-refractivity contribution in [2.75, 3.05) is 0 Å². The molecule has 0 saturated carbocycles. The molecule has 0 fully saturated rings. The fourth-order valence-electron chi connectivity index (χ4n) is 2.51. The van der Waals surface area contributed by atoms with E-state index in [1.54, 1.807) is 0 Å². The summed E-state index contributed by atoms with van der Waals surface area (Å²) in [7, 11) is 0. The summed E-state index contributed by atoms with van der Waals surface area (Å²) in [5.74, 6) is 1.64. The minimum absolute atomic E-state index is 0.799. The van der Waals surface area contributed by atoms with Crippen molar-refractivity contribution in [3.63, 3.8) is 0 Å². The molecule has 0 radical (unpaired) electrons. The molecule has 2 aromatic carbocycles. The van der Waals surface area contributed by atoms with Gasteiger partial charge in [-0.15, -0.1) is 0 Å². The summed E-state index contributed by atoms with van der Waals surface area (Å²) in [5.41, 5.74) is 3.16. The van der Waals surface area contributed by atoms with E-state index in [0.717, 1.165) is 45.4 Å². The highest BCUT2D eigenvalue weighted by atomic mass is 79.9. The SMILES string of the molecule is CCCc1cccc(Oc2cc3ccccc3nc2C)c1Br. The summed E-state index contributed by atoms with van der Waals surface area (Å²) < 4.78 is 7.16. The maximum atomic E-state index is 6.13. The van der Waals surface area contributed by atoms with Crippen molar-refractivity contribution >= 4 is 26.8 Å². The quantitative estimate of drug-likeness (QED) is 0.568. The molecule has 0 aliphatic rings. The number of para-hydroxylation sites is 1. The first-order chi connectivity index (χ1) is 10.7. The third kappa shape index (κ3) is 3.00. The van der Waals surface area contributed by atoms with E-state index < -0.39 is 0 Å². The Morgan fingerprint density at radius 3 is 2.68 bits per heavy atom. The molecule has 0 saturated heterocycles. The van der Waals surface area contributed by atoms with Crippen LogP contribution in [0.4, 0.5) is 0 Å². The Morgan fingerprint density at radius 1 is 1.05 bits per heavy atom. The number of pyridine rings is 1. The average Bonchev–Trinajstić information content (AvgIpc) is 2.52. The summed E-state index contributed by atoms with van der Waals surface area (Å²) in [6.45, 7) is 4.16. The van der Waals surface area contributed by atoms with Crippen molar-refractivity contribution in [2.45, 2.75) is 26.7 Å². The number of hydrogen-bond donors (Lipinski definition) is 0. The number of aryl methyl sites for hydroxylation is 2. The van der Waals surface area contributed by atoms with Crippen molar-refractivity contribution in [3.8, 4) is 11.5 Å². The second kappa shape index (κ2) is 6.49. The molecule has 112 valence electrons. The lowest BCUT2D eigenvalue weighted by molar-refractivity contribution is 0.473. The molecule has 3 aromatic rings. The van der Waals surface area contributed by atoms with Crippen LogP contribution in [0, 0.1) is 6.92 Å². The molecule has 0 amide bonds. The molecular formula is C19H18BrNO. The molecule has 3 rings (SSSR count). The van der Waals surface area contributed by atoms with E-state index in [1.807, 2.05) is 37.3 Å². The van der Waals surface area contributed by atoms with E-state index in [1.165, 1.54) is 5.56 Å². The maximum Gasteiger partial charge on any atom is 0.149 e. The molecule has 0 aliphatic heterocycles. The van der Waals surface area contributed by atoms with Crippen LogP contribution in [-0.2, 0) is 6.42 Å². The number of halogens is 1. The van der Waals surface area contributed by atoms with Crippen LogP contribution in [-0.4, -0.2) is 4.98 Å². The second-order valence-corrected chi connectivity index (χ2v) is 6.14. The van der Waals surface area contributed by atoms with E-state index in [4.69, 9.17) is 4.74 Å². The Kier molecular flexibility index (Phi) is 4.44. The first-order valence-corrected chi connectivity index (χ1v) is 8.30. The van der Waals surface area contributed by atoms with Crippen LogP contribution < -0.4 is 4.74 Å². The highest BCUT2D eigenvalue weighted by Gasteiger charge is 2.10. The smallest absolute Gasteiger partial charge is 0.149 e. The normalized spacial score (nSPS) is 10.9. The largest absolute Gasteiger partial charge is 0.454 e. The highest BCUT2D eigenvalue weighted by molar-refractivity contribution is 9.10. The summed E-state index contributed by atoms with van der Waals surface area (Å²) in [6, 6.07) is 16.3. The summed E-state index contributed by atoms with van der Waals surface area (Å²) in [5, 5.41) is 1.09. The zero-order chi connectivity index (χ0) is 15.5. The van der Waals surface area contributed by atoms with Gasteiger partial charge in [0.15, 0.2) is 0 Å². The molecule has 2 nitrogen and oxygen atoms in total. The molecule has 3 heteroatoms. The third-order valence-corrected chi connectivity index (χ3v) is 4.55. The molecular weight excluding hydrogens is 338 g/mol. The van der Waals surface area contributed by atoms with Crippen LogP contribution in [0.3, 0.4) is 0 Å². The van der Waals surface area contributed by atoms with Crippen molar-refractivity contribution < 1.29 is 4.74 Å². The highest BCUT2D eigenvalue weighted by Crippen LogP contribution is 2.34. The number of fused-ring (bicyclic) bond motifs is 1. The molecule has 0 unspecified atom stereocenters. The molecule has 0 aliphatic carbocycles. The van der Waals surface area contributed by atoms with Gasteiger partial charge in [0.1, 0.15) is 11.5 Å². The standard InChI is InChI=1S/C19H18BrNO/c1-3-7-14-9-6-11-17(19(14)20)22-18-12-15-8-4-5-10-16(15)21-13(18)2/h4-6,8-12H,3,7H2,1-2H3. The van der Waals surface area contributed by atoms with Crippen LogP contribution in [0.15, 0.2) is 53.0 Å². The summed E-state index contributed by atoms with van der Waals surface area (Å²) >= 11 is 3.67. The van der Waals surface area contributed by atoms with Crippen molar-refractivity contribution in [1.82, 2.24) is 4.98 Å². The van der Waals surface area contributed by atoms with E-state index in [-0.39, 0.29) is 0 Å². The molecule has 22 heavy (non-hydrogen) atoms. The predicted octanol–water partition coefficient (Wildman–Crippen LogP) is 6.05. The van der Waals surface area contributed by atoms with Gasteiger partial charge in [0, 0.05) is 5.39 Å². The van der Waals surface area contributed by atoms with Gasteiger partial charge in [-0.3, -0.25) is 0 Å². The van der Waals surface area contributed by atoms with Gasteiger partial charge in [-0.2, -0.15) is 0 Å². The predicted molar refractivity (Wildman–Crippen MR) is 94.7 cm³/mol. The molecule has 0 atom stereocenters. The maximum absolute atomic E-state index is 6.13. The topological polar surface area (TPSA) is 22.1 Å². The zero-order valence-electron chi connectivity index (χ0n) is 12.8. The molecule has 1 aromatic heterocycles. The monoisotopic (exact) mass is 355 g/mol. The lowest BCUT2D eigenvalue weighted by Crippen LogP contribution is -1.94. The van der Waals surface area contributed by atoms with Crippen LogP contribution in [0.25, 0.3) is 10.9 Å². The van der Waals surface area contributed by atoms with Crippen LogP contribution in [0.2, 0.25) is 0 Å². The van der Waals surface area contributed by atoms with Gasteiger partial charge in [-0.1, -0.05) is 43.7 Å². The first kappa shape index (κ1) is 15.0. The van der Waals surface area contributed by atoms with Gasteiger partial charge in [0.05, 0.1) is 15.7 Å². The summed E-state index contributed by atoms with van der Waals surface area (Å²) in [6.07, 6.45) is 2.14. The minimum Gasteiger partial charge on any atom is -0.454 e. The number of nitrogens with zero attached hydrogens (tertiary/aromatic N) is 1.